The first-order chi connectivity index (χ1) is 1.41. The van der Waals surface area contributed by atoms with Crippen molar-refractivity contribution in [2.45, 2.75) is 0 Å². The molecule has 0 N–H and O–H groups in total. The molecule has 0 atom stereocenters. The molecule has 0 aliphatic heterocycles. The normalized spacial score (nSPS) is 2.25. The summed E-state index contributed by atoms with van der Waals surface area (Å²) in [7, 11) is 0. The Morgan fingerprint density at radius 2 is 1.75 bits per heavy atom. The van der Waals surface area contributed by atoms with Crippen molar-refractivity contribution in [3.8, 4) is 0 Å². The molecule has 0 heterocycles. The van der Waals surface area contributed by atoms with Crippen molar-refractivity contribution in [3.05, 3.63) is 0 Å². The second-order valence-corrected chi connectivity index (χ2v) is 1.95. The molecule has 0 aromatic heterocycles. The van der Waals surface area contributed by atoms with Crippen molar-refractivity contribution >= 4 is 6.79 Å². The maximum atomic E-state index is 8.90. The molecule has 4 heavy (non-hydrogen) atoms. The fraction of sp³-hybridized carbons (Fsp3) is 0. The van der Waals surface area contributed by atoms with E-state index in [1.807, 2.05) is 0 Å². The Morgan fingerprint density at radius 1 is 1.75 bits per heavy atom. The van der Waals surface area contributed by atoms with Gasteiger partial charge in [0.15, 0.2) is 0 Å². The van der Waals surface area contributed by atoms with E-state index in [0.29, 0.717) is 0 Å². The van der Waals surface area contributed by atoms with Crippen LogP contribution in [0.3, 0.4) is 0 Å². The zero-order valence-electron chi connectivity index (χ0n) is 1.77. The molecular formula is HClFLaO. The van der Waals surface area contributed by atoms with Crippen molar-refractivity contribution in [1.82, 2.24) is 0 Å². The van der Waals surface area contributed by atoms with Gasteiger partial charge in [-0.1, -0.05) is 0 Å². The van der Waals surface area contributed by atoms with Crippen molar-refractivity contribution in [1.29, 1.82) is 0 Å². The third-order valence-corrected chi connectivity index (χ3v) is 0. The molecule has 4 heteroatoms. The predicted octanol–water partition coefficient (Wildman–Crippen LogP) is 0.723. The molecule has 0 spiro atoms. The molecule has 0 amide bonds. The molecular weight excluding hydrogens is 209 g/mol. The van der Waals surface area contributed by atoms with Crippen molar-refractivity contribution in [3.63, 3.8) is 0 Å². The van der Waals surface area contributed by atoms with Crippen LogP contribution < -0.4 is 0 Å². The maximum absolute atomic E-state index is 8.90. The van der Waals surface area contributed by atoms with Gasteiger partial charge in [0.25, 0.3) is 0 Å². The zero-order valence-corrected chi connectivity index (χ0v) is 6.15. The number of halogens is 2. The van der Waals surface area contributed by atoms with Crippen LogP contribution in [0.25, 0.3) is 0 Å². The van der Waals surface area contributed by atoms with Crippen molar-refractivity contribution in [2.75, 3.05) is 0 Å². The van der Waals surface area contributed by atoms with E-state index in [1.54, 1.807) is 0 Å². The predicted molar refractivity (Wildman–Crippen MR) is 9.04 cm³/mol. The zero-order chi connectivity index (χ0) is 2.71. The first-order valence-electron chi connectivity index (χ1n) is 0.454. The molecule has 24 valence electrons. The first kappa shape index (κ1) is 8.96. The quantitative estimate of drug-likeness (QED) is 0.576. The van der Waals surface area contributed by atoms with Gasteiger partial charge in [0.1, 0.15) is 0 Å². The second kappa shape index (κ2) is 8.88. The number of hydrogen-bond acceptors (Lipinski definition) is 1. The minimum atomic E-state index is -1.78. The van der Waals surface area contributed by atoms with Crippen molar-refractivity contribution < 1.29 is 36.9 Å². The Kier molecular flexibility index (Phi) is 19.9. The molecule has 0 saturated carbocycles. The van der Waals surface area contributed by atoms with Crippen LogP contribution in [-0.2, 0) is 1.70 Å². The van der Waals surface area contributed by atoms with Crippen LogP contribution in [0.1, 0.15) is 0 Å². The molecule has 0 aromatic rings. The van der Waals surface area contributed by atoms with E-state index in [1.165, 1.54) is 0 Å². The summed E-state index contributed by atoms with van der Waals surface area (Å²) in [4.78, 5) is 0. The summed E-state index contributed by atoms with van der Waals surface area (Å²) in [5, 5.41) is 0. The molecule has 0 bridgehead atoms. The van der Waals surface area contributed by atoms with E-state index in [0.717, 1.165) is 0 Å². The summed E-state index contributed by atoms with van der Waals surface area (Å²) in [6.07, 6.45) is 0. The van der Waals surface area contributed by atoms with Gasteiger partial charge in [-0.3, -0.25) is 4.70 Å². The average molecular weight is 210 g/mol. The van der Waals surface area contributed by atoms with Crippen LogP contribution in [0.4, 0.5) is 4.70 Å². The third-order valence-electron chi connectivity index (χ3n) is 0. The SMILES string of the molecule is F.[O]=[La][Cl]. The summed E-state index contributed by atoms with van der Waals surface area (Å²) in [5.74, 6) is 0. The number of hydrogen-bond donors (Lipinski definition) is 0. The fourth-order valence-electron chi connectivity index (χ4n) is 0. The molecule has 0 aliphatic rings. The summed E-state index contributed by atoms with van der Waals surface area (Å²) in [5.41, 5.74) is 0. The van der Waals surface area contributed by atoms with E-state index in [9.17, 15) is 0 Å². The molecule has 1 nitrogen and oxygen atoms in total. The molecule has 0 radical (unpaired) electrons. The molecule has 0 unspecified atom stereocenters. The van der Waals surface area contributed by atoms with Gasteiger partial charge in [0.2, 0.25) is 0 Å². The van der Waals surface area contributed by atoms with Gasteiger partial charge >= 0.3 is 39.0 Å². The standard InChI is InChI=1S/ClH.FH.La.O/h2*1H;;/q;;+1;/p-1. The van der Waals surface area contributed by atoms with Crippen molar-refractivity contribution in [2.24, 2.45) is 0 Å². The van der Waals surface area contributed by atoms with E-state index in [4.69, 9.17) is 1.70 Å². The van der Waals surface area contributed by atoms with E-state index < -0.39 is 30.5 Å². The second-order valence-electron chi connectivity index (χ2n) is 0.0891. The monoisotopic (exact) mass is 210 g/mol. The molecule has 0 aromatic carbocycles. The molecule has 0 saturated heterocycles. The Morgan fingerprint density at radius 3 is 1.75 bits per heavy atom. The Hall–Kier alpha value is 1.21. The van der Waals surface area contributed by atoms with Crippen LogP contribution in [0.2, 0.25) is 0 Å². The van der Waals surface area contributed by atoms with Crippen LogP contribution in [0.15, 0.2) is 0 Å². The Bertz CT molecular complexity index is 15.5. The first-order valence-corrected chi connectivity index (χ1v) is 6.48. The van der Waals surface area contributed by atoms with Gasteiger partial charge in [0.05, 0.1) is 0 Å². The van der Waals surface area contributed by atoms with Gasteiger partial charge in [-0.05, 0) is 0 Å². The van der Waals surface area contributed by atoms with Crippen LogP contribution in [0, 0.1) is 30.5 Å². The molecule has 0 fully saturated rings. The van der Waals surface area contributed by atoms with Crippen LogP contribution in [-0.4, -0.2) is 0 Å². The molecule has 0 rings (SSSR count). The average Bonchev–Trinajstić information content (AvgIpc) is 0.918. The van der Waals surface area contributed by atoms with Gasteiger partial charge in [-0.15, -0.1) is 0 Å². The van der Waals surface area contributed by atoms with Crippen LogP contribution in [0.5, 0.6) is 0 Å². The number of rotatable bonds is 0. The summed E-state index contributed by atoms with van der Waals surface area (Å²) < 4.78 is 8.90. The van der Waals surface area contributed by atoms with Gasteiger partial charge < -0.3 is 0 Å². The van der Waals surface area contributed by atoms with Gasteiger partial charge in [-0.25, -0.2) is 0 Å². The van der Waals surface area contributed by atoms with Crippen LogP contribution >= 0.6 is 6.79 Å². The van der Waals surface area contributed by atoms with Gasteiger partial charge in [-0.2, -0.15) is 0 Å². The topological polar surface area (TPSA) is 17.1 Å². The minimum absolute atomic E-state index is 0. The summed E-state index contributed by atoms with van der Waals surface area (Å²) >= 11 is -1.78. The third kappa shape index (κ3) is 10.7. The van der Waals surface area contributed by atoms with E-state index >= 15 is 0 Å². The van der Waals surface area contributed by atoms with Gasteiger partial charge in [0, 0.05) is 0 Å². The van der Waals surface area contributed by atoms with E-state index in [-0.39, 0.29) is 4.70 Å². The Balaban J connectivity index is 0. The Labute approximate surface area is 43.3 Å². The summed E-state index contributed by atoms with van der Waals surface area (Å²) in [6, 6.07) is 0. The van der Waals surface area contributed by atoms with E-state index in [2.05, 4.69) is 6.79 Å². The fourth-order valence-corrected chi connectivity index (χ4v) is 0. The summed E-state index contributed by atoms with van der Waals surface area (Å²) in [6.45, 7) is 4.65. The molecule has 0 aliphatic carbocycles.